The number of aliphatic hydroxyl groups excluding tert-OH is 1. The molecule has 0 radical (unpaired) electrons. The van der Waals surface area contributed by atoms with E-state index in [-0.39, 0.29) is 17.2 Å². The molecule has 0 aromatic heterocycles. The van der Waals surface area contributed by atoms with Crippen LogP contribution in [0, 0.1) is 5.82 Å². The van der Waals surface area contributed by atoms with Crippen LogP contribution in [0.1, 0.15) is 11.6 Å². The lowest BCUT2D eigenvalue weighted by molar-refractivity contribution is 0.0659. The molecule has 5 heteroatoms. The summed E-state index contributed by atoms with van der Waals surface area (Å²) in [5.41, 5.74) is 5.82. The van der Waals surface area contributed by atoms with E-state index in [1.165, 1.54) is 6.07 Å². The van der Waals surface area contributed by atoms with Crippen molar-refractivity contribution in [1.29, 1.82) is 0 Å². The number of hydrogen-bond donors (Lipinski definition) is 2. The Morgan fingerprint density at radius 3 is 3.00 bits per heavy atom. The molecule has 1 heterocycles. The lowest BCUT2D eigenvalue weighted by Crippen LogP contribution is -2.36. The highest BCUT2D eigenvalue weighted by molar-refractivity contribution is 6.30. The van der Waals surface area contributed by atoms with Crippen molar-refractivity contribution in [3.63, 3.8) is 0 Å². The van der Waals surface area contributed by atoms with Crippen molar-refractivity contribution in [1.82, 2.24) is 0 Å². The molecular formula is C9H9ClFNO2. The minimum atomic E-state index is -0.877. The summed E-state index contributed by atoms with van der Waals surface area (Å²) in [7, 11) is 0. The lowest BCUT2D eigenvalue weighted by atomic mass is 9.99. The molecule has 0 saturated carbocycles. The molecule has 0 aliphatic carbocycles. The zero-order valence-electron chi connectivity index (χ0n) is 7.21. The van der Waals surface area contributed by atoms with Crippen molar-refractivity contribution in [3.8, 4) is 5.75 Å². The Hall–Kier alpha value is -0.840. The first-order chi connectivity index (χ1) is 6.59. The van der Waals surface area contributed by atoms with Crippen LogP contribution in [0.2, 0.25) is 5.02 Å². The van der Waals surface area contributed by atoms with Gasteiger partial charge in [0.15, 0.2) is 0 Å². The Labute approximate surface area is 85.2 Å². The van der Waals surface area contributed by atoms with Crippen molar-refractivity contribution in [2.45, 2.75) is 12.1 Å². The molecule has 0 bridgehead atoms. The Morgan fingerprint density at radius 1 is 1.57 bits per heavy atom. The topological polar surface area (TPSA) is 55.5 Å². The standard InChI is InChI=1S/C9H9ClFNO2/c10-4-1-5(11)8-7(2-4)14-3-6(13)9(8)12/h1-2,6,9,13H,3,12H2/t6-,9-/m0/s1. The molecule has 3 nitrogen and oxygen atoms in total. The third-order valence-electron chi connectivity index (χ3n) is 2.21. The van der Waals surface area contributed by atoms with Gasteiger partial charge < -0.3 is 15.6 Å². The Balaban J connectivity index is 2.54. The number of aliphatic hydroxyl groups is 1. The third kappa shape index (κ3) is 1.45. The van der Waals surface area contributed by atoms with E-state index in [0.29, 0.717) is 5.75 Å². The molecule has 3 N–H and O–H groups in total. The number of halogens is 2. The van der Waals surface area contributed by atoms with E-state index < -0.39 is 18.0 Å². The molecular weight excluding hydrogens is 209 g/mol. The van der Waals surface area contributed by atoms with Crippen LogP contribution in [-0.4, -0.2) is 17.8 Å². The summed E-state index contributed by atoms with van der Waals surface area (Å²) in [6.45, 7) is 0.0634. The maximum Gasteiger partial charge on any atom is 0.133 e. The molecule has 1 aromatic rings. The summed E-state index contributed by atoms with van der Waals surface area (Å²) in [6, 6.07) is 1.89. The van der Waals surface area contributed by atoms with E-state index in [2.05, 4.69) is 0 Å². The highest BCUT2D eigenvalue weighted by atomic mass is 35.5. The minimum absolute atomic E-state index is 0.0634. The number of hydrogen-bond acceptors (Lipinski definition) is 3. The van der Waals surface area contributed by atoms with Gasteiger partial charge in [-0.05, 0) is 12.1 Å². The van der Waals surface area contributed by atoms with Gasteiger partial charge in [-0.2, -0.15) is 0 Å². The van der Waals surface area contributed by atoms with Gasteiger partial charge in [0.1, 0.15) is 24.3 Å². The van der Waals surface area contributed by atoms with Crippen molar-refractivity contribution < 1.29 is 14.2 Å². The first kappa shape index (κ1) is 9.71. The largest absolute Gasteiger partial charge is 0.490 e. The van der Waals surface area contributed by atoms with Gasteiger partial charge in [0.05, 0.1) is 6.04 Å². The van der Waals surface area contributed by atoms with Gasteiger partial charge in [0.2, 0.25) is 0 Å². The molecule has 0 amide bonds. The number of benzene rings is 1. The fourth-order valence-corrected chi connectivity index (χ4v) is 1.67. The molecule has 14 heavy (non-hydrogen) atoms. The quantitative estimate of drug-likeness (QED) is 0.687. The minimum Gasteiger partial charge on any atom is -0.490 e. The van der Waals surface area contributed by atoms with E-state index in [4.69, 9.17) is 22.1 Å². The van der Waals surface area contributed by atoms with Crippen LogP contribution in [0.5, 0.6) is 5.75 Å². The van der Waals surface area contributed by atoms with Gasteiger partial charge in [-0.15, -0.1) is 0 Å². The van der Waals surface area contributed by atoms with E-state index in [9.17, 15) is 9.50 Å². The van der Waals surface area contributed by atoms with E-state index in [0.717, 1.165) is 6.07 Å². The van der Waals surface area contributed by atoms with Crippen molar-refractivity contribution in [2.75, 3.05) is 6.61 Å². The molecule has 0 unspecified atom stereocenters. The normalized spacial score (nSPS) is 25.4. The fraction of sp³-hybridized carbons (Fsp3) is 0.333. The Bertz CT molecular complexity index is 372. The van der Waals surface area contributed by atoms with Crippen molar-refractivity contribution in [2.24, 2.45) is 5.73 Å². The highest BCUT2D eigenvalue weighted by Gasteiger charge is 2.29. The predicted octanol–water partition coefficient (Wildman–Crippen LogP) is 1.23. The molecule has 1 aliphatic heterocycles. The zero-order chi connectivity index (χ0) is 10.3. The number of fused-ring (bicyclic) bond motifs is 1. The molecule has 2 rings (SSSR count). The van der Waals surface area contributed by atoms with Crippen LogP contribution in [0.15, 0.2) is 12.1 Å². The van der Waals surface area contributed by atoms with E-state index in [1.54, 1.807) is 0 Å². The van der Waals surface area contributed by atoms with Crippen LogP contribution in [0.4, 0.5) is 4.39 Å². The average Bonchev–Trinajstić information content (AvgIpc) is 2.10. The van der Waals surface area contributed by atoms with E-state index >= 15 is 0 Å². The molecule has 0 spiro atoms. The third-order valence-corrected chi connectivity index (χ3v) is 2.43. The first-order valence-electron chi connectivity index (χ1n) is 4.15. The number of ether oxygens (including phenoxy) is 1. The maximum atomic E-state index is 13.4. The molecule has 2 atom stereocenters. The van der Waals surface area contributed by atoms with Gasteiger partial charge in [0.25, 0.3) is 0 Å². The lowest BCUT2D eigenvalue weighted by Gasteiger charge is -2.28. The van der Waals surface area contributed by atoms with Gasteiger partial charge in [-0.1, -0.05) is 11.6 Å². The Morgan fingerprint density at radius 2 is 2.29 bits per heavy atom. The van der Waals surface area contributed by atoms with Crippen LogP contribution in [0.3, 0.4) is 0 Å². The van der Waals surface area contributed by atoms with Crippen LogP contribution >= 0.6 is 11.6 Å². The van der Waals surface area contributed by atoms with Gasteiger partial charge >= 0.3 is 0 Å². The molecule has 76 valence electrons. The van der Waals surface area contributed by atoms with Crippen LogP contribution in [-0.2, 0) is 0 Å². The SMILES string of the molecule is N[C@@H]1c2c(F)cc(Cl)cc2OC[C@@H]1O. The predicted molar refractivity (Wildman–Crippen MR) is 49.8 cm³/mol. The second-order valence-electron chi connectivity index (χ2n) is 3.20. The summed E-state index contributed by atoms with van der Waals surface area (Å²) in [4.78, 5) is 0. The summed E-state index contributed by atoms with van der Waals surface area (Å²) in [5.74, 6) is -0.230. The average molecular weight is 218 g/mol. The van der Waals surface area contributed by atoms with Crippen molar-refractivity contribution >= 4 is 11.6 Å². The van der Waals surface area contributed by atoms with Crippen molar-refractivity contribution in [3.05, 3.63) is 28.5 Å². The maximum absolute atomic E-state index is 13.4. The highest BCUT2D eigenvalue weighted by Crippen LogP contribution is 2.35. The number of rotatable bonds is 0. The van der Waals surface area contributed by atoms with E-state index in [1.807, 2.05) is 0 Å². The molecule has 1 aliphatic rings. The second kappa shape index (κ2) is 3.38. The van der Waals surface area contributed by atoms with Crippen LogP contribution in [0.25, 0.3) is 0 Å². The number of nitrogens with two attached hydrogens (primary N) is 1. The molecule has 0 saturated heterocycles. The monoisotopic (exact) mass is 217 g/mol. The fourth-order valence-electron chi connectivity index (χ4n) is 1.48. The summed E-state index contributed by atoms with van der Waals surface area (Å²) >= 11 is 5.64. The zero-order valence-corrected chi connectivity index (χ0v) is 7.96. The van der Waals surface area contributed by atoms with Gasteiger partial charge in [0, 0.05) is 10.6 Å². The van der Waals surface area contributed by atoms with Gasteiger partial charge in [-0.3, -0.25) is 0 Å². The molecule has 0 fully saturated rings. The van der Waals surface area contributed by atoms with Gasteiger partial charge in [-0.25, -0.2) is 4.39 Å². The smallest absolute Gasteiger partial charge is 0.133 e. The Kier molecular flexibility index (Phi) is 2.34. The summed E-state index contributed by atoms with van der Waals surface area (Å²) in [6.07, 6.45) is -0.877. The van der Waals surface area contributed by atoms with Crippen LogP contribution < -0.4 is 10.5 Å². The first-order valence-corrected chi connectivity index (χ1v) is 4.53. The second-order valence-corrected chi connectivity index (χ2v) is 3.64. The summed E-state index contributed by atoms with van der Waals surface area (Å²) in [5, 5.41) is 9.62. The summed E-state index contributed by atoms with van der Waals surface area (Å²) < 4.78 is 18.5. The molecule has 1 aromatic carbocycles.